The fourth-order valence-electron chi connectivity index (χ4n) is 1.48. The van der Waals surface area contributed by atoms with Gasteiger partial charge >= 0.3 is 0 Å². The smallest absolute Gasteiger partial charge is 0.286 e. The van der Waals surface area contributed by atoms with Crippen molar-refractivity contribution >= 4 is 5.91 Å². The van der Waals surface area contributed by atoms with Crippen molar-refractivity contribution in [3.05, 3.63) is 4.91 Å². The van der Waals surface area contributed by atoms with Crippen molar-refractivity contribution in [2.24, 2.45) is 17.0 Å². The molecule has 0 aromatic carbocycles. The van der Waals surface area contributed by atoms with E-state index in [4.69, 9.17) is 0 Å². The van der Waals surface area contributed by atoms with Crippen LogP contribution in [0.1, 0.15) is 26.7 Å². The predicted molar refractivity (Wildman–Crippen MR) is 52.3 cm³/mol. The van der Waals surface area contributed by atoms with E-state index in [1.807, 2.05) is 7.05 Å². The summed E-state index contributed by atoms with van der Waals surface area (Å²) in [6.07, 6.45) is 1.21. The van der Waals surface area contributed by atoms with E-state index in [9.17, 15) is 9.70 Å². The third kappa shape index (κ3) is 6.40. The topological polar surface area (TPSA) is 58.5 Å². The number of carbonyl (C=O) groups is 1. The van der Waals surface area contributed by atoms with Gasteiger partial charge in [-0.1, -0.05) is 13.8 Å². The van der Waals surface area contributed by atoms with Gasteiger partial charge in [0.15, 0.2) is 0 Å². The lowest BCUT2D eigenvalue weighted by Gasteiger charge is -2.15. The summed E-state index contributed by atoms with van der Waals surface area (Å²) in [5.41, 5.74) is 0. The zero-order valence-corrected chi connectivity index (χ0v) is 8.54. The Bertz CT molecular complexity index is 169. The first-order valence-electron chi connectivity index (χ1n) is 4.61. The highest BCUT2D eigenvalue weighted by atomic mass is 16.3. The molecule has 0 spiro atoms. The average molecular weight is 186 g/mol. The van der Waals surface area contributed by atoms with E-state index >= 15 is 0 Å². The van der Waals surface area contributed by atoms with Crippen LogP contribution in [0.5, 0.6) is 0 Å². The molecule has 1 amide bonds. The number of nitroso groups, excluding NO2 is 1. The second-order valence-electron chi connectivity index (χ2n) is 3.74. The van der Waals surface area contributed by atoms with Gasteiger partial charge < -0.3 is 5.32 Å². The zero-order chi connectivity index (χ0) is 10.3. The van der Waals surface area contributed by atoms with Gasteiger partial charge in [-0.2, -0.15) is 0 Å². The molecule has 0 aromatic heterocycles. The second kappa shape index (κ2) is 6.71. The maximum Gasteiger partial charge on any atom is 0.286 e. The van der Waals surface area contributed by atoms with Gasteiger partial charge in [-0.3, -0.25) is 4.79 Å². The van der Waals surface area contributed by atoms with Crippen LogP contribution in [0.2, 0.25) is 0 Å². The predicted octanol–water partition coefficient (Wildman–Crippen LogP) is 1.55. The van der Waals surface area contributed by atoms with Crippen molar-refractivity contribution in [2.45, 2.75) is 26.7 Å². The molecule has 4 heteroatoms. The summed E-state index contributed by atoms with van der Waals surface area (Å²) in [7, 11) is 1.84. The first-order valence-corrected chi connectivity index (χ1v) is 4.61. The van der Waals surface area contributed by atoms with Crippen molar-refractivity contribution in [1.82, 2.24) is 5.32 Å². The molecule has 0 rings (SSSR count). The summed E-state index contributed by atoms with van der Waals surface area (Å²) >= 11 is 0. The summed E-state index contributed by atoms with van der Waals surface area (Å²) in [5.74, 6) is 0.230. The molecule has 0 saturated carbocycles. The highest BCUT2D eigenvalue weighted by Crippen LogP contribution is 2.15. The third-order valence-corrected chi connectivity index (χ3v) is 1.86. The number of rotatable bonds is 6. The van der Waals surface area contributed by atoms with E-state index in [1.165, 1.54) is 0 Å². The molecule has 0 saturated heterocycles. The van der Waals surface area contributed by atoms with Crippen LogP contribution in [-0.4, -0.2) is 19.5 Å². The van der Waals surface area contributed by atoms with E-state index in [-0.39, 0.29) is 12.3 Å². The maximum atomic E-state index is 10.8. The number of hydrogen-bond donors (Lipinski definition) is 1. The van der Waals surface area contributed by atoms with Crippen molar-refractivity contribution in [3.63, 3.8) is 0 Å². The molecule has 0 aromatic rings. The van der Waals surface area contributed by atoms with Crippen LogP contribution in [0, 0.1) is 16.7 Å². The molecule has 0 unspecified atom stereocenters. The molecule has 0 heterocycles. The summed E-state index contributed by atoms with van der Waals surface area (Å²) in [6, 6.07) is 0. The van der Waals surface area contributed by atoms with Crippen molar-refractivity contribution in [3.8, 4) is 0 Å². The Hall–Kier alpha value is -0.770. The van der Waals surface area contributed by atoms with Gasteiger partial charge in [-0.15, -0.1) is 4.91 Å². The summed E-state index contributed by atoms with van der Waals surface area (Å²) in [4.78, 5) is 20.7. The molecule has 76 valence electrons. The van der Waals surface area contributed by atoms with Gasteiger partial charge in [0.1, 0.15) is 0 Å². The number of carbonyl (C=O) groups excluding carboxylic acids is 1. The van der Waals surface area contributed by atoms with E-state index in [2.05, 4.69) is 24.3 Å². The Morgan fingerprint density at radius 3 is 2.46 bits per heavy atom. The van der Waals surface area contributed by atoms with E-state index in [0.717, 1.165) is 13.0 Å². The molecule has 0 fully saturated rings. The molecule has 0 bridgehead atoms. The Balaban J connectivity index is 3.92. The molecule has 0 radical (unpaired) electrons. The molecule has 0 aliphatic heterocycles. The summed E-state index contributed by atoms with van der Waals surface area (Å²) < 4.78 is 0. The normalized spacial score (nSPS) is 12.9. The average Bonchev–Trinajstić information content (AvgIpc) is 2.03. The SMILES string of the molecule is CNC[C@@H](CC(=O)N=O)CC(C)C. The molecular formula is C9H18N2O2. The molecule has 1 N–H and O–H groups in total. The van der Waals surface area contributed by atoms with Gasteiger partial charge in [0.05, 0.1) is 0 Å². The van der Waals surface area contributed by atoms with Gasteiger partial charge in [-0.25, -0.2) is 0 Å². The van der Waals surface area contributed by atoms with Crippen LogP contribution in [0.25, 0.3) is 0 Å². The van der Waals surface area contributed by atoms with Crippen LogP contribution < -0.4 is 5.32 Å². The molecule has 0 aliphatic carbocycles. The van der Waals surface area contributed by atoms with Crippen LogP contribution >= 0.6 is 0 Å². The Kier molecular flexibility index (Phi) is 6.32. The minimum atomic E-state index is -0.541. The van der Waals surface area contributed by atoms with Crippen molar-refractivity contribution in [1.29, 1.82) is 0 Å². The van der Waals surface area contributed by atoms with Crippen LogP contribution in [0.3, 0.4) is 0 Å². The van der Waals surface area contributed by atoms with Gasteiger partial charge in [0.2, 0.25) is 0 Å². The van der Waals surface area contributed by atoms with Crippen molar-refractivity contribution < 1.29 is 4.79 Å². The number of hydrogen-bond acceptors (Lipinski definition) is 3. The molecular weight excluding hydrogens is 168 g/mol. The Labute approximate surface area is 79.1 Å². The van der Waals surface area contributed by atoms with Crippen LogP contribution in [0.4, 0.5) is 0 Å². The van der Waals surface area contributed by atoms with Crippen molar-refractivity contribution in [2.75, 3.05) is 13.6 Å². The van der Waals surface area contributed by atoms with Gasteiger partial charge in [-0.05, 0) is 31.8 Å². The van der Waals surface area contributed by atoms with Gasteiger partial charge in [0.25, 0.3) is 5.91 Å². The van der Waals surface area contributed by atoms with Crippen LogP contribution in [-0.2, 0) is 4.79 Å². The number of nitrogens with one attached hydrogen (secondary N) is 1. The molecule has 13 heavy (non-hydrogen) atoms. The highest BCUT2D eigenvalue weighted by Gasteiger charge is 2.14. The lowest BCUT2D eigenvalue weighted by Crippen LogP contribution is -2.22. The quantitative estimate of drug-likeness (QED) is 0.640. The third-order valence-electron chi connectivity index (χ3n) is 1.86. The first-order chi connectivity index (χ1) is 6.10. The molecule has 1 atom stereocenters. The summed E-state index contributed by atoms with van der Waals surface area (Å²) in [6.45, 7) is 4.96. The fourth-order valence-corrected chi connectivity index (χ4v) is 1.48. The number of amides is 1. The first kappa shape index (κ1) is 12.2. The Morgan fingerprint density at radius 1 is 1.46 bits per heavy atom. The molecule has 4 nitrogen and oxygen atoms in total. The summed E-state index contributed by atoms with van der Waals surface area (Å²) in [5, 5.41) is 5.41. The monoisotopic (exact) mass is 186 g/mol. The lowest BCUT2D eigenvalue weighted by atomic mass is 9.94. The van der Waals surface area contributed by atoms with E-state index in [0.29, 0.717) is 5.92 Å². The van der Waals surface area contributed by atoms with Gasteiger partial charge in [0, 0.05) is 11.6 Å². The standard InChI is InChI=1S/C9H18N2O2/c1-7(2)4-8(6-10-3)5-9(12)11-13/h7-8,10H,4-6H2,1-3H3/t8-/m1/s1. The Morgan fingerprint density at radius 2 is 2.08 bits per heavy atom. The zero-order valence-electron chi connectivity index (χ0n) is 8.54. The van der Waals surface area contributed by atoms with Crippen LogP contribution in [0.15, 0.2) is 5.18 Å². The maximum absolute atomic E-state index is 10.8. The highest BCUT2D eigenvalue weighted by molar-refractivity contribution is 5.76. The second-order valence-corrected chi connectivity index (χ2v) is 3.74. The minimum absolute atomic E-state index is 0.232. The fraction of sp³-hybridized carbons (Fsp3) is 0.889. The minimum Gasteiger partial charge on any atom is -0.319 e. The molecule has 0 aliphatic rings. The lowest BCUT2D eigenvalue weighted by molar-refractivity contribution is -0.118. The van der Waals surface area contributed by atoms with E-state index < -0.39 is 5.91 Å². The van der Waals surface area contributed by atoms with E-state index in [1.54, 1.807) is 0 Å². The number of nitrogens with zero attached hydrogens (tertiary/aromatic N) is 1. The largest absolute Gasteiger partial charge is 0.319 e.